The lowest BCUT2D eigenvalue weighted by Gasteiger charge is -2.13. The Bertz CT molecular complexity index is 191. The second-order valence-electron chi connectivity index (χ2n) is 4.58. The van der Waals surface area contributed by atoms with Crippen LogP contribution in [0.25, 0.3) is 0 Å². The highest BCUT2D eigenvalue weighted by molar-refractivity contribution is 6.80. The topological polar surface area (TPSA) is 35.5 Å². The third-order valence-corrected chi connectivity index (χ3v) is 5.01. The average Bonchev–Trinajstić information content (AvgIpc) is 2.37. The molecule has 0 atom stereocenters. The molecule has 18 heavy (non-hydrogen) atoms. The first-order valence-electron chi connectivity index (χ1n) is 7.52. The van der Waals surface area contributed by atoms with Gasteiger partial charge < -0.3 is 8.85 Å². The summed E-state index contributed by atoms with van der Waals surface area (Å²) in [5, 5.41) is 0.229. The summed E-state index contributed by atoms with van der Waals surface area (Å²) >= 11 is 0. The highest BCUT2D eigenvalue weighted by Gasteiger charge is 2.21. The molecule has 0 N–H and O–H groups in total. The smallest absolute Gasteiger partial charge is 0.392 e. The van der Waals surface area contributed by atoms with Crippen molar-refractivity contribution in [1.29, 1.82) is 0 Å². The van der Waals surface area contributed by atoms with Crippen molar-refractivity contribution < 1.29 is 13.6 Å². The maximum absolute atomic E-state index is 11.9. The molecule has 3 nitrogen and oxygen atoms in total. The van der Waals surface area contributed by atoms with Crippen LogP contribution in [0.5, 0.6) is 0 Å². The maximum Gasteiger partial charge on any atom is 0.393 e. The fraction of sp³-hybridized carbons (Fsp3) is 0.929. The zero-order chi connectivity index (χ0) is 13.6. The van der Waals surface area contributed by atoms with Gasteiger partial charge in [0.2, 0.25) is 0 Å². The first-order valence-corrected chi connectivity index (χ1v) is 9.04. The van der Waals surface area contributed by atoms with Gasteiger partial charge in [-0.1, -0.05) is 45.4 Å². The van der Waals surface area contributed by atoms with Gasteiger partial charge in [0.05, 0.1) is 0 Å². The SMILES string of the molecule is CCCCCCCCCC(=O)[SiH](OCC)OCC. The fourth-order valence-electron chi connectivity index (χ4n) is 1.91. The number of carbonyl (C=O) groups excluding carboxylic acids is 1. The van der Waals surface area contributed by atoms with E-state index in [0.29, 0.717) is 19.6 Å². The first kappa shape index (κ1) is 17.8. The lowest BCUT2D eigenvalue weighted by atomic mass is 10.1. The Morgan fingerprint density at radius 3 is 1.83 bits per heavy atom. The van der Waals surface area contributed by atoms with Crippen molar-refractivity contribution in [2.24, 2.45) is 0 Å². The summed E-state index contributed by atoms with van der Waals surface area (Å²) in [4.78, 5) is 11.9. The maximum atomic E-state index is 11.9. The molecule has 0 bridgehead atoms. The molecule has 0 saturated carbocycles. The molecule has 0 fully saturated rings. The van der Waals surface area contributed by atoms with Crippen LogP contribution >= 0.6 is 0 Å². The van der Waals surface area contributed by atoms with Crippen molar-refractivity contribution in [2.45, 2.75) is 72.1 Å². The Labute approximate surface area is 114 Å². The Hall–Kier alpha value is -0.193. The average molecular weight is 274 g/mol. The zero-order valence-corrected chi connectivity index (χ0v) is 13.5. The van der Waals surface area contributed by atoms with Gasteiger partial charge in [0.25, 0.3) is 0 Å². The van der Waals surface area contributed by atoms with Crippen molar-refractivity contribution in [3.05, 3.63) is 0 Å². The van der Waals surface area contributed by atoms with Gasteiger partial charge in [-0.2, -0.15) is 0 Å². The zero-order valence-electron chi connectivity index (χ0n) is 12.4. The Morgan fingerprint density at radius 1 is 0.833 bits per heavy atom. The molecule has 0 aromatic carbocycles. The van der Waals surface area contributed by atoms with Crippen molar-refractivity contribution in [1.82, 2.24) is 0 Å². The summed E-state index contributed by atoms with van der Waals surface area (Å²) in [6.07, 6.45) is 9.31. The van der Waals surface area contributed by atoms with E-state index in [-0.39, 0.29) is 5.41 Å². The van der Waals surface area contributed by atoms with Crippen molar-refractivity contribution in [3.8, 4) is 0 Å². The third kappa shape index (κ3) is 9.80. The minimum Gasteiger partial charge on any atom is -0.392 e. The van der Waals surface area contributed by atoms with Crippen molar-refractivity contribution in [2.75, 3.05) is 13.2 Å². The lowest BCUT2D eigenvalue weighted by Crippen LogP contribution is -2.33. The lowest BCUT2D eigenvalue weighted by molar-refractivity contribution is -0.115. The van der Waals surface area contributed by atoms with E-state index in [1.165, 1.54) is 32.1 Å². The molecule has 0 amide bonds. The molecule has 0 rings (SSSR count). The summed E-state index contributed by atoms with van der Waals surface area (Å²) in [5.41, 5.74) is 0. The van der Waals surface area contributed by atoms with Crippen LogP contribution in [0.15, 0.2) is 0 Å². The minimum atomic E-state index is -2.04. The van der Waals surface area contributed by atoms with Crippen LogP contribution in [-0.4, -0.2) is 27.9 Å². The van der Waals surface area contributed by atoms with Gasteiger partial charge in [-0.05, 0) is 20.3 Å². The third-order valence-electron chi connectivity index (χ3n) is 2.93. The molecule has 0 radical (unpaired) electrons. The van der Waals surface area contributed by atoms with Crippen molar-refractivity contribution in [3.63, 3.8) is 0 Å². The van der Waals surface area contributed by atoms with Crippen molar-refractivity contribution >= 4 is 14.7 Å². The second-order valence-corrected chi connectivity index (χ2v) is 6.55. The van der Waals surface area contributed by atoms with E-state index in [9.17, 15) is 4.79 Å². The van der Waals surface area contributed by atoms with Gasteiger partial charge >= 0.3 is 9.28 Å². The largest absolute Gasteiger partial charge is 0.393 e. The molecule has 0 aromatic heterocycles. The normalized spacial score (nSPS) is 11.1. The van der Waals surface area contributed by atoms with E-state index in [1.807, 2.05) is 13.8 Å². The molecular formula is C14H30O3Si. The standard InChI is InChI=1S/C14H30O3Si/c1-4-7-8-9-10-11-12-13-14(15)18(16-5-2)17-6-3/h18H,4-13H2,1-3H3. The van der Waals surface area contributed by atoms with Crippen LogP contribution in [0.4, 0.5) is 0 Å². The highest BCUT2D eigenvalue weighted by atomic mass is 28.3. The molecule has 108 valence electrons. The Morgan fingerprint density at radius 2 is 1.33 bits per heavy atom. The summed E-state index contributed by atoms with van der Waals surface area (Å²) in [6.45, 7) is 7.23. The summed E-state index contributed by atoms with van der Waals surface area (Å²) in [5.74, 6) is 0. The Kier molecular flexibility index (Phi) is 13.1. The van der Waals surface area contributed by atoms with Crippen LogP contribution < -0.4 is 0 Å². The van der Waals surface area contributed by atoms with Gasteiger partial charge in [-0.15, -0.1) is 0 Å². The number of rotatable bonds is 13. The quantitative estimate of drug-likeness (QED) is 0.381. The number of carbonyl (C=O) groups is 1. The second kappa shape index (κ2) is 13.2. The van der Waals surface area contributed by atoms with Crippen LogP contribution in [0, 0.1) is 0 Å². The van der Waals surface area contributed by atoms with Gasteiger partial charge in [-0.25, -0.2) is 0 Å². The number of hydrogen-bond acceptors (Lipinski definition) is 3. The monoisotopic (exact) mass is 274 g/mol. The molecule has 0 saturated heterocycles. The van der Waals surface area contributed by atoms with Crippen LogP contribution in [-0.2, 0) is 13.6 Å². The number of hydrogen-bond donors (Lipinski definition) is 0. The van der Waals surface area contributed by atoms with Gasteiger partial charge in [0.1, 0.15) is 0 Å². The molecule has 0 spiro atoms. The predicted molar refractivity (Wildman–Crippen MR) is 78.0 cm³/mol. The molecular weight excluding hydrogens is 244 g/mol. The van der Waals surface area contributed by atoms with Crippen LogP contribution in [0.2, 0.25) is 0 Å². The minimum absolute atomic E-state index is 0.229. The van der Waals surface area contributed by atoms with Crippen LogP contribution in [0.3, 0.4) is 0 Å². The summed E-state index contributed by atoms with van der Waals surface area (Å²) in [6, 6.07) is 0. The van der Waals surface area contributed by atoms with Crippen LogP contribution in [0.1, 0.15) is 72.1 Å². The van der Waals surface area contributed by atoms with Gasteiger partial charge in [0, 0.05) is 19.6 Å². The molecule has 0 unspecified atom stereocenters. The summed E-state index contributed by atoms with van der Waals surface area (Å²) < 4.78 is 10.8. The van der Waals surface area contributed by atoms with Gasteiger partial charge in [0.15, 0.2) is 5.41 Å². The Balaban J connectivity index is 3.54. The fourth-order valence-corrected chi connectivity index (χ4v) is 3.42. The van der Waals surface area contributed by atoms with E-state index in [1.54, 1.807) is 0 Å². The molecule has 0 aromatic rings. The predicted octanol–water partition coefficient (Wildman–Crippen LogP) is 3.53. The van der Waals surface area contributed by atoms with Gasteiger partial charge in [-0.3, -0.25) is 4.79 Å². The van der Waals surface area contributed by atoms with E-state index in [4.69, 9.17) is 8.85 Å². The molecule has 0 aliphatic rings. The van der Waals surface area contributed by atoms with E-state index in [2.05, 4.69) is 6.92 Å². The highest BCUT2D eigenvalue weighted by Crippen LogP contribution is 2.09. The summed E-state index contributed by atoms with van der Waals surface area (Å²) in [7, 11) is -2.04. The molecule has 0 heterocycles. The molecule has 0 aliphatic carbocycles. The molecule has 0 aliphatic heterocycles. The molecule has 4 heteroatoms. The van der Waals surface area contributed by atoms with E-state index >= 15 is 0 Å². The van der Waals surface area contributed by atoms with E-state index < -0.39 is 9.28 Å². The van der Waals surface area contributed by atoms with E-state index in [0.717, 1.165) is 12.8 Å². The number of unbranched alkanes of at least 4 members (excludes halogenated alkanes) is 6. The first-order chi connectivity index (χ1) is 8.76.